The molecule has 7 aromatic rings. The van der Waals surface area contributed by atoms with Crippen molar-refractivity contribution in [2.75, 3.05) is 0 Å². The number of aryl methyl sites for hydroxylation is 2. The van der Waals surface area contributed by atoms with E-state index >= 15 is 0 Å². The van der Waals surface area contributed by atoms with Crippen molar-refractivity contribution in [1.29, 1.82) is 0 Å². The number of rotatable bonds is 2. The number of benzene rings is 4. The maximum absolute atomic E-state index is 14.0. The Bertz CT molecular complexity index is 2050. The second-order valence-corrected chi connectivity index (χ2v) is 10.9. The average molecular weight is 497 g/mol. The second-order valence-electron chi connectivity index (χ2n) is 10.9. The van der Waals surface area contributed by atoms with Gasteiger partial charge in [-0.15, -0.1) is 0 Å². The van der Waals surface area contributed by atoms with Gasteiger partial charge in [0.05, 0.1) is 34.4 Å². The molecule has 0 aliphatic heterocycles. The third-order valence-electron chi connectivity index (χ3n) is 8.12. The summed E-state index contributed by atoms with van der Waals surface area (Å²) in [5.41, 5.74) is 4.71. The number of halogens is 3. The molecule has 0 fully saturated rings. The summed E-state index contributed by atoms with van der Waals surface area (Å²) in [6.07, 6.45) is -2.68. The van der Waals surface area contributed by atoms with Gasteiger partial charge in [0, 0.05) is 16.2 Å². The van der Waals surface area contributed by atoms with E-state index in [1.807, 2.05) is 41.9 Å². The van der Waals surface area contributed by atoms with E-state index < -0.39 is 11.6 Å². The van der Waals surface area contributed by atoms with Crippen molar-refractivity contribution in [3.8, 4) is 0 Å². The highest BCUT2D eigenvalue weighted by Crippen LogP contribution is 2.46. The van der Waals surface area contributed by atoms with Crippen molar-refractivity contribution in [3.05, 3.63) is 78.1 Å². The summed E-state index contributed by atoms with van der Waals surface area (Å²) in [4.78, 5) is 4.72. The minimum absolute atomic E-state index is 0.126. The third-order valence-corrected chi connectivity index (χ3v) is 8.12. The van der Waals surface area contributed by atoms with Crippen LogP contribution in [0.4, 0.5) is 13.2 Å². The normalized spacial score (nSPS) is 13.4. The van der Waals surface area contributed by atoms with Crippen LogP contribution >= 0.6 is 0 Å². The van der Waals surface area contributed by atoms with Gasteiger partial charge in [-0.2, -0.15) is 13.2 Å². The largest absolute Gasteiger partial charge is 0.394 e. The van der Waals surface area contributed by atoms with Crippen molar-refractivity contribution >= 4 is 59.9 Å². The zero-order valence-electron chi connectivity index (χ0n) is 21.0. The Morgan fingerprint density at radius 3 is 2.32 bits per heavy atom. The summed E-state index contributed by atoms with van der Waals surface area (Å²) in [6, 6.07) is 20.5. The minimum atomic E-state index is -4.33. The summed E-state index contributed by atoms with van der Waals surface area (Å²) in [6.45, 7) is 4.72. The Balaban J connectivity index is 1.80. The quantitative estimate of drug-likeness (QED) is 0.136. The predicted octanol–water partition coefficient (Wildman–Crippen LogP) is 7.80. The van der Waals surface area contributed by atoms with Gasteiger partial charge in [-0.05, 0) is 58.4 Å². The number of fused-ring (bicyclic) bond motifs is 7. The Hall–Kier alpha value is -3.93. The molecule has 0 radical (unpaired) electrons. The topological polar surface area (TPSA) is 21.2 Å². The lowest BCUT2D eigenvalue weighted by molar-refractivity contribution is -0.646. The average Bonchev–Trinajstić information content (AvgIpc) is 3.20. The van der Waals surface area contributed by atoms with E-state index in [1.54, 1.807) is 6.33 Å². The van der Waals surface area contributed by atoms with Crippen molar-refractivity contribution in [1.82, 2.24) is 9.38 Å². The SMILES string of the molecule is Cc1c2ccccc2cc2c1c1c3c(cc(CC(C)(C)C(F)(F)F)c4c5ccccc5n2c43)nc[n+]1C. The second kappa shape index (κ2) is 7.09. The van der Waals surface area contributed by atoms with Crippen LogP contribution in [-0.4, -0.2) is 15.6 Å². The number of pyridine rings is 1. The van der Waals surface area contributed by atoms with Crippen molar-refractivity contribution in [3.63, 3.8) is 0 Å². The van der Waals surface area contributed by atoms with E-state index in [1.165, 1.54) is 24.8 Å². The van der Waals surface area contributed by atoms with Crippen molar-refractivity contribution in [2.24, 2.45) is 12.5 Å². The van der Waals surface area contributed by atoms with Gasteiger partial charge in [-0.1, -0.05) is 56.3 Å². The Morgan fingerprint density at radius 1 is 0.865 bits per heavy atom. The lowest BCUT2D eigenvalue weighted by Gasteiger charge is -2.28. The van der Waals surface area contributed by atoms with Crippen molar-refractivity contribution < 1.29 is 17.7 Å². The molecule has 0 N–H and O–H groups in total. The van der Waals surface area contributed by atoms with E-state index in [-0.39, 0.29) is 6.42 Å². The molecule has 0 saturated carbocycles. The molecule has 0 aliphatic carbocycles. The molecule has 0 amide bonds. The molecule has 3 aromatic heterocycles. The summed E-state index contributed by atoms with van der Waals surface area (Å²) < 4.78 is 46.4. The molecular weight excluding hydrogens is 471 g/mol. The molecule has 3 nitrogen and oxygen atoms in total. The first-order valence-corrected chi connectivity index (χ1v) is 12.4. The molecule has 3 heterocycles. The summed E-state index contributed by atoms with van der Waals surface area (Å²) in [7, 11) is 1.99. The number of alkyl halides is 3. The first-order valence-electron chi connectivity index (χ1n) is 12.4. The zero-order chi connectivity index (χ0) is 25.9. The lowest BCUT2D eigenvalue weighted by atomic mass is 9.83. The number of hydrogen-bond donors (Lipinski definition) is 0. The van der Waals surface area contributed by atoms with Crippen LogP contribution < -0.4 is 4.57 Å². The van der Waals surface area contributed by atoms with E-state index in [4.69, 9.17) is 4.98 Å². The van der Waals surface area contributed by atoms with Crippen LogP contribution in [0.3, 0.4) is 0 Å². The van der Waals surface area contributed by atoms with Crippen LogP contribution in [0.15, 0.2) is 67.0 Å². The molecule has 0 spiro atoms. The number of hydrogen-bond acceptors (Lipinski definition) is 1. The van der Waals surface area contributed by atoms with Gasteiger partial charge < -0.3 is 4.40 Å². The first kappa shape index (κ1) is 22.3. The fourth-order valence-electron chi connectivity index (χ4n) is 6.20. The highest BCUT2D eigenvalue weighted by Gasteiger charge is 2.47. The molecule has 184 valence electrons. The van der Waals surface area contributed by atoms with Crippen LogP contribution in [0.2, 0.25) is 0 Å². The van der Waals surface area contributed by atoms with Crippen LogP contribution in [0.5, 0.6) is 0 Å². The zero-order valence-corrected chi connectivity index (χ0v) is 21.0. The standard InChI is InChI=1S/C31H25F3N3/c1-17-20-10-6-5-9-18(20)14-24-25(17)28-27-22(35-16-36(28)4)13-19(15-30(2,3)31(32,33)34)26-21-11-7-8-12-23(21)37(24)29(26)27/h5-14,16H,15H2,1-4H3/q+1. The molecule has 37 heavy (non-hydrogen) atoms. The number of aromatic nitrogens is 3. The molecule has 6 heteroatoms. The highest BCUT2D eigenvalue weighted by atomic mass is 19.4. The maximum atomic E-state index is 14.0. The fraction of sp³-hybridized carbons (Fsp3) is 0.226. The van der Waals surface area contributed by atoms with Gasteiger partial charge in [0.25, 0.3) is 6.33 Å². The molecule has 0 unspecified atom stereocenters. The maximum Gasteiger partial charge on any atom is 0.394 e. The molecule has 0 saturated heterocycles. The van der Waals surface area contributed by atoms with Crippen molar-refractivity contribution in [2.45, 2.75) is 33.4 Å². The predicted molar refractivity (Wildman–Crippen MR) is 143 cm³/mol. The fourth-order valence-corrected chi connectivity index (χ4v) is 6.20. The Morgan fingerprint density at radius 2 is 1.57 bits per heavy atom. The van der Waals surface area contributed by atoms with Crippen LogP contribution in [-0.2, 0) is 13.5 Å². The van der Waals surface area contributed by atoms with Gasteiger partial charge in [-0.25, -0.2) is 4.57 Å². The monoisotopic (exact) mass is 496 g/mol. The van der Waals surface area contributed by atoms with Crippen LogP contribution in [0.25, 0.3) is 59.9 Å². The highest BCUT2D eigenvalue weighted by molar-refractivity contribution is 6.28. The van der Waals surface area contributed by atoms with E-state index in [2.05, 4.69) is 41.7 Å². The molecule has 4 aromatic carbocycles. The minimum Gasteiger partial charge on any atom is -0.307 e. The van der Waals surface area contributed by atoms with Gasteiger partial charge >= 0.3 is 6.18 Å². The van der Waals surface area contributed by atoms with Gasteiger partial charge in [-0.3, -0.25) is 0 Å². The molecule has 0 atom stereocenters. The first-order chi connectivity index (χ1) is 17.6. The number of nitrogens with zero attached hydrogens (tertiary/aromatic N) is 3. The number of para-hydroxylation sites is 1. The smallest absolute Gasteiger partial charge is 0.307 e. The van der Waals surface area contributed by atoms with Gasteiger partial charge in [0.2, 0.25) is 0 Å². The third kappa shape index (κ3) is 2.84. The molecule has 0 bridgehead atoms. The lowest BCUT2D eigenvalue weighted by Crippen LogP contribution is -2.34. The van der Waals surface area contributed by atoms with Gasteiger partial charge in [0.1, 0.15) is 5.52 Å². The van der Waals surface area contributed by atoms with Crippen LogP contribution in [0, 0.1) is 12.3 Å². The molecule has 7 rings (SSSR count). The van der Waals surface area contributed by atoms with Crippen LogP contribution in [0.1, 0.15) is 25.0 Å². The molecular formula is C31H25F3N3+. The molecule has 0 aliphatic rings. The summed E-state index contributed by atoms with van der Waals surface area (Å²) in [5.74, 6) is 0. The Kier molecular flexibility index (Phi) is 4.27. The summed E-state index contributed by atoms with van der Waals surface area (Å²) in [5, 5.41) is 6.28. The summed E-state index contributed by atoms with van der Waals surface area (Å²) >= 11 is 0. The van der Waals surface area contributed by atoms with E-state index in [9.17, 15) is 13.2 Å². The van der Waals surface area contributed by atoms with E-state index in [0.717, 1.165) is 54.5 Å². The van der Waals surface area contributed by atoms with Gasteiger partial charge in [0.15, 0.2) is 5.52 Å². The van der Waals surface area contributed by atoms with E-state index in [0.29, 0.717) is 5.56 Å². The Labute approximate surface area is 211 Å².